The molecule has 0 atom stereocenters. The Morgan fingerprint density at radius 1 is 1.10 bits per heavy atom. The molecule has 0 amide bonds. The van der Waals surface area contributed by atoms with Gasteiger partial charge in [-0.2, -0.15) is 0 Å². The molecule has 0 fully saturated rings. The monoisotopic (exact) mass is 291 g/mol. The van der Waals surface area contributed by atoms with E-state index in [2.05, 4.69) is 42.8 Å². The van der Waals surface area contributed by atoms with Crippen molar-refractivity contribution in [2.24, 2.45) is 0 Å². The first kappa shape index (κ1) is 14.8. The number of rotatable bonds is 5. The Labute approximate surface area is 124 Å². The van der Waals surface area contributed by atoms with Gasteiger partial charge < -0.3 is 9.64 Å². The van der Waals surface area contributed by atoms with Gasteiger partial charge in [0.1, 0.15) is 10.8 Å². The second-order valence-electron chi connectivity index (χ2n) is 5.22. The lowest BCUT2D eigenvalue weighted by Gasteiger charge is -2.29. The van der Waals surface area contributed by atoms with Gasteiger partial charge in [0.25, 0.3) is 0 Å². The Balaban J connectivity index is 2.32. The van der Waals surface area contributed by atoms with Crippen LogP contribution in [0.1, 0.15) is 27.7 Å². The van der Waals surface area contributed by atoms with Gasteiger partial charge in [-0.1, -0.05) is 23.5 Å². The molecule has 0 unspecified atom stereocenters. The normalized spacial score (nSPS) is 11.2. The van der Waals surface area contributed by atoms with Crippen molar-refractivity contribution in [3.8, 4) is 16.3 Å². The quantitative estimate of drug-likeness (QED) is 0.839. The Bertz CT molecular complexity index is 558. The van der Waals surface area contributed by atoms with E-state index in [0.717, 1.165) is 21.5 Å². The third-order valence-electron chi connectivity index (χ3n) is 3.06. The fraction of sp³-hybridized carbons (Fsp3) is 0.467. The summed E-state index contributed by atoms with van der Waals surface area (Å²) in [5.74, 6) is 0.837. The fourth-order valence-electron chi connectivity index (χ4n) is 2.23. The summed E-state index contributed by atoms with van der Waals surface area (Å²) in [6.07, 6.45) is 0. The average molecular weight is 291 g/mol. The molecule has 0 aliphatic carbocycles. The minimum Gasteiger partial charge on any atom is -0.497 e. The summed E-state index contributed by atoms with van der Waals surface area (Å²) in [7, 11) is 1.67. The number of aromatic nitrogens is 2. The van der Waals surface area contributed by atoms with E-state index in [-0.39, 0.29) is 0 Å². The standard InChI is InChI=1S/C15H21N3OS/c1-10(2)18(11(3)4)15-17-16-14(20-15)12-7-6-8-13(9-12)19-5/h6-11H,1-5H3. The van der Waals surface area contributed by atoms with Crippen molar-refractivity contribution >= 4 is 16.5 Å². The third-order valence-corrected chi connectivity index (χ3v) is 4.05. The van der Waals surface area contributed by atoms with Crippen molar-refractivity contribution < 1.29 is 4.74 Å². The first-order valence-corrected chi connectivity index (χ1v) is 7.61. The maximum atomic E-state index is 5.25. The molecule has 2 aromatic rings. The van der Waals surface area contributed by atoms with Gasteiger partial charge in [-0.3, -0.25) is 0 Å². The number of methoxy groups -OCH3 is 1. The van der Waals surface area contributed by atoms with Crippen molar-refractivity contribution in [3.63, 3.8) is 0 Å². The van der Waals surface area contributed by atoms with Crippen molar-refractivity contribution in [1.82, 2.24) is 10.2 Å². The van der Waals surface area contributed by atoms with Gasteiger partial charge in [0.05, 0.1) is 7.11 Å². The average Bonchev–Trinajstić information content (AvgIpc) is 2.87. The molecule has 0 saturated carbocycles. The molecule has 0 aliphatic heterocycles. The molecule has 0 saturated heterocycles. The molecule has 1 aromatic heterocycles. The van der Waals surface area contributed by atoms with Crippen LogP contribution in [0, 0.1) is 0 Å². The van der Waals surface area contributed by atoms with Gasteiger partial charge in [0.2, 0.25) is 5.13 Å². The molecule has 0 bridgehead atoms. The minimum atomic E-state index is 0.404. The number of hydrogen-bond donors (Lipinski definition) is 0. The first-order valence-electron chi connectivity index (χ1n) is 6.79. The highest BCUT2D eigenvalue weighted by atomic mass is 32.1. The maximum Gasteiger partial charge on any atom is 0.209 e. The fourth-order valence-corrected chi connectivity index (χ4v) is 3.34. The lowest BCUT2D eigenvalue weighted by Crippen LogP contribution is -2.36. The number of benzene rings is 1. The summed E-state index contributed by atoms with van der Waals surface area (Å²) in [6.45, 7) is 8.69. The zero-order chi connectivity index (χ0) is 14.7. The second-order valence-corrected chi connectivity index (χ2v) is 6.17. The van der Waals surface area contributed by atoms with Crippen LogP contribution in [-0.2, 0) is 0 Å². The van der Waals surface area contributed by atoms with Crippen LogP contribution in [0.5, 0.6) is 5.75 Å². The summed E-state index contributed by atoms with van der Waals surface area (Å²) >= 11 is 1.62. The van der Waals surface area contributed by atoms with Crippen LogP contribution in [0.4, 0.5) is 5.13 Å². The lowest BCUT2D eigenvalue weighted by molar-refractivity contribution is 0.415. The van der Waals surface area contributed by atoms with E-state index in [1.165, 1.54) is 0 Å². The van der Waals surface area contributed by atoms with E-state index in [4.69, 9.17) is 4.74 Å². The highest BCUT2D eigenvalue weighted by Crippen LogP contribution is 2.32. The molecule has 4 nitrogen and oxygen atoms in total. The molecular formula is C15H21N3OS. The summed E-state index contributed by atoms with van der Waals surface area (Å²) < 4.78 is 5.25. The third kappa shape index (κ3) is 3.10. The molecule has 0 N–H and O–H groups in total. The topological polar surface area (TPSA) is 38.3 Å². The SMILES string of the molecule is COc1cccc(-c2nnc(N(C(C)C)C(C)C)s2)c1. The molecule has 108 valence electrons. The lowest BCUT2D eigenvalue weighted by atomic mass is 10.2. The number of nitrogens with zero attached hydrogens (tertiary/aromatic N) is 3. The highest BCUT2D eigenvalue weighted by molar-refractivity contribution is 7.18. The molecule has 0 aliphatic rings. The van der Waals surface area contributed by atoms with Crippen molar-refractivity contribution in [3.05, 3.63) is 24.3 Å². The van der Waals surface area contributed by atoms with E-state index in [1.54, 1.807) is 18.4 Å². The van der Waals surface area contributed by atoms with E-state index < -0.39 is 0 Å². The predicted molar refractivity (Wildman–Crippen MR) is 84.6 cm³/mol. The smallest absolute Gasteiger partial charge is 0.209 e. The van der Waals surface area contributed by atoms with Gasteiger partial charge in [-0.15, -0.1) is 10.2 Å². The van der Waals surface area contributed by atoms with E-state index in [9.17, 15) is 0 Å². The highest BCUT2D eigenvalue weighted by Gasteiger charge is 2.19. The van der Waals surface area contributed by atoms with Crippen LogP contribution in [0.2, 0.25) is 0 Å². The molecule has 1 aromatic carbocycles. The molecule has 2 rings (SSSR count). The number of hydrogen-bond acceptors (Lipinski definition) is 5. The number of ether oxygens (including phenoxy) is 1. The van der Waals surface area contributed by atoms with E-state index >= 15 is 0 Å². The number of anilines is 1. The van der Waals surface area contributed by atoms with Crippen molar-refractivity contribution in [2.75, 3.05) is 12.0 Å². The molecular weight excluding hydrogens is 270 g/mol. The van der Waals surface area contributed by atoms with Crippen LogP contribution < -0.4 is 9.64 Å². The van der Waals surface area contributed by atoms with Crippen molar-refractivity contribution in [2.45, 2.75) is 39.8 Å². The van der Waals surface area contributed by atoms with E-state index in [1.807, 2.05) is 24.3 Å². The second kappa shape index (κ2) is 6.22. The van der Waals surface area contributed by atoms with Gasteiger partial charge in [0, 0.05) is 17.6 Å². The van der Waals surface area contributed by atoms with Gasteiger partial charge in [0.15, 0.2) is 0 Å². The molecule has 1 heterocycles. The van der Waals surface area contributed by atoms with Gasteiger partial charge >= 0.3 is 0 Å². The predicted octanol–water partition coefficient (Wildman–Crippen LogP) is 3.84. The minimum absolute atomic E-state index is 0.404. The molecule has 0 spiro atoms. The summed E-state index contributed by atoms with van der Waals surface area (Å²) in [5, 5.41) is 10.6. The largest absolute Gasteiger partial charge is 0.497 e. The first-order chi connectivity index (χ1) is 9.52. The summed E-state index contributed by atoms with van der Waals surface area (Å²) in [5.41, 5.74) is 1.04. The Hall–Kier alpha value is -1.62. The van der Waals surface area contributed by atoms with Gasteiger partial charge in [-0.25, -0.2) is 0 Å². The Kier molecular flexibility index (Phi) is 4.60. The Morgan fingerprint density at radius 3 is 2.40 bits per heavy atom. The van der Waals surface area contributed by atoms with E-state index in [0.29, 0.717) is 12.1 Å². The van der Waals surface area contributed by atoms with Crippen LogP contribution >= 0.6 is 11.3 Å². The zero-order valence-electron chi connectivity index (χ0n) is 12.6. The maximum absolute atomic E-state index is 5.25. The van der Waals surface area contributed by atoms with Crippen LogP contribution in [0.15, 0.2) is 24.3 Å². The Morgan fingerprint density at radius 2 is 1.80 bits per heavy atom. The molecule has 0 radical (unpaired) electrons. The molecule has 5 heteroatoms. The van der Waals surface area contributed by atoms with Crippen LogP contribution in [-0.4, -0.2) is 29.4 Å². The zero-order valence-corrected chi connectivity index (χ0v) is 13.4. The van der Waals surface area contributed by atoms with Crippen molar-refractivity contribution in [1.29, 1.82) is 0 Å². The summed E-state index contributed by atoms with van der Waals surface area (Å²) in [4.78, 5) is 2.28. The van der Waals surface area contributed by atoms with Crippen LogP contribution in [0.25, 0.3) is 10.6 Å². The van der Waals surface area contributed by atoms with Crippen LogP contribution in [0.3, 0.4) is 0 Å². The van der Waals surface area contributed by atoms with Gasteiger partial charge in [-0.05, 0) is 39.8 Å². The summed E-state index contributed by atoms with van der Waals surface area (Å²) in [6, 6.07) is 8.72. The molecule has 20 heavy (non-hydrogen) atoms.